The van der Waals surface area contributed by atoms with Crippen molar-refractivity contribution in [2.45, 2.75) is 6.54 Å². The van der Waals surface area contributed by atoms with E-state index in [0.717, 1.165) is 21.5 Å². The fraction of sp³-hybridized carbons (Fsp3) is 0.111. The summed E-state index contributed by atoms with van der Waals surface area (Å²) in [6, 6.07) is 17.6. The van der Waals surface area contributed by atoms with Crippen molar-refractivity contribution >= 4 is 32.6 Å². The maximum atomic E-state index is 12.5. The summed E-state index contributed by atoms with van der Waals surface area (Å²) in [5, 5.41) is 8.86. The molecule has 0 saturated heterocycles. The molecule has 1 amide bonds. The zero-order chi connectivity index (χ0) is 17.2. The molecule has 4 rings (SSSR count). The highest BCUT2D eigenvalue weighted by Crippen LogP contribution is 2.27. The molecule has 6 nitrogen and oxygen atoms in total. The minimum atomic E-state index is -0.0939. The van der Waals surface area contributed by atoms with Crippen molar-refractivity contribution in [3.05, 3.63) is 60.8 Å². The predicted molar refractivity (Wildman–Crippen MR) is 98.5 cm³/mol. The first-order chi connectivity index (χ1) is 12.2. The monoisotopic (exact) mass is 349 g/mol. The summed E-state index contributed by atoms with van der Waals surface area (Å²) in [5.74, 6) is -0.0939. The number of hydrogen-bond donors (Lipinski definition) is 0. The van der Waals surface area contributed by atoms with E-state index in [1.807, 2.05) is 54.6 Å². The van der Waals surface area contributed by atoms with Crippen LogP contribution in [0, 0.1) is 0 Å². The Bertz CT molecular complexity index is 991. The lowest BCUT2D eigenvalue weighted by molar-refractivity contribution is -0.119. The molecule has 124 valence electrons. The quantitative estimate of drug-likeness (QED) is 0.567. The third kappa shape index (κ3) is 3.14. The van der Waals surface area contributed by atoms with Crippen LogP contribution >= 0.6 is 11.3 Å². The molecule has 0 fully saturated rings. The summed E-state index contributed by atoms with van der Waals surface area (Å²) in [6.45, 7) is 0.117. The van der Waals surface area contributed by atoms with E-state index in [0.29, 0.717) is 5.13 Å². The molecule has 7 heteroatoms. The summed E-state index contributed by atoms with van der Waals surface area (Å²) in [6.07, 6.45) is 1.78. The molecule has 0 aliphatic carbocycles. The van der Waals surface area contributed by atoms with Crippen molar-refractivity contribution in [2.75, 3.05) is 11.9 Å². The molecule has 2 aromatic carbocycles. The van der Waals surface area contributed by atoms with Crippen LogP contribution in [0.3, 0.4) is 0 Å². The van der Waals surface area contributed by atoms with E-state index in [1.165, 1.54) is 11.3 Å². The second kappa shape index (κ2) is 6.45. The predicted octanol–water partition coefficient (Wildman–Crippen LogP) is 3.22. The molecule has 0 aliphatic heterocycles. The van der Waals surface area contributed by atoms with Crippen molar-refractivity contribution in [2.24, 2.45) is 0 Å². The minimum absolute atomic E-state index is 0.0939. The number of likely N-dealkylation sites (N-methyl/N-ethyl adjacent to an activating group) is 1. The van der Waals surface area contributed by atoms with Crippen LogP contribution in [0.2, 0.25) is 0 Å². The number of rotatable bonds is 4. The lowest BCUT2D eigenvalue weighted by Crippen LogP contribution is -2.30. The number of hydrogen-bond acceptors (Lipinski definition) is 5. The van der Waals surface area contributed by atoms with E-state index in [-0.39, 0.29) is 12.5 Å². The van der Waals surface area contributed by atoms with Crippen molar-refractivity contribution in [3.63, 3.8) is 0 Å². The topological polar surface area (TPSA) is 63.9 Å². The van der Waals surface area contributed by atoms with Gasteiger partial charge in [0.1, 0.15) is 12.2 Å². The molecule has 2 aromatic heterocycles. The van der Waals surface area contributed by atoms with Gasteiger partial charge in [0.2, 0.25) is 5.91 Å². The van der Waals surface area contributed by atoms with Gasteiger partial charge in [-0.25, -0.2) is 9.67 Å². The second-order valence-electron chi connectivity index (χ2n) is 5.58. The van der Waals surface area contributed by atoms with Gasteiger partial charge in [-0.15, -0.1) is 5.10 Å². The number of para-hydroxylation sites is 1. The Labute approximate surface area is 148 Å². The smallest absolute Gasteiger partial charge is 0.250 e. The van der Waals surface area contributed by atoms with Crippen molar-refractivity contribution < 1.29 is 4.79 Å². The number of carbonyl (C=O) groups is 1. The summed E-state index contributed by atoms with van der Waals surface area (Å²) in [7, 11) is 1.73. The lowest BCUT2D eigenvalue weighted by Gasteiger charge is -2.13. The Morgan fingerprint density at radius 2 is 1.88 bits per heavy atom. The van der Waals surface area contributed by atoms with E-state index in [4.69, 9.17) is 0 Å². The molecule has 2 heterocycles. The highest BCUT2D eigenvalue weighted by molar-refractivity contribution is 7.22. The number of amides is 1. The highest BCUT2D eigenvalue weighted by Gasteiger charge is 2.16. The molecular weight excluding hydrogens is 334 g/mol. The molecular formula is C18H15N5OS. The minimum Gasteiger partial charge on any atom is -0.290 e. The van der Waals surface area contributed by atoms with Crippen LogP contribution in [0.25, 0.3) is 21.5 Å². The number of fused-ring (bicyclic) bond motifs is 1. The number of benzene rings is 2. The zero-order valence-electron chi connectivity index (χ0n) is 13.5. The van der Waals surface area contributed by atoms with E-state index in [2.05, 4.69) is 15.3 Å². The lowest BCUT2D eigenvalue weighted by atomic mass is 10.2. The maximum absolute atomic E-state index is 12.5. The average Bonchev–Trinajstić information content (AvgIpc) is 3.28. The summed E-state index contributed by atoms with van der Waals surface area (Å²) >= 11 is 1.50. The molecule has 0 bridgehead atoms. The first-order valence-corrected chi connectivity index (χ1v) is 8.60. The Kier molecular flexibility index (Phi) is 3.99. The first kappa shape index (κ1) is 15.5. The molecule has 0 unspecified atom stereocenters. The van der Waals surface area contributed by atoms with Gasteiger partial charge in [0.15, 0.2) is 5.13 Å². The van der Waals surface area contributed by atoms with Crippen molar-refractivity contribution in [3.8, 4) is 11.3 Å². The van der Waals surface area contributed by atoms with E-state index in [9.17, 15) is 4.79 Å². The zero-order valence-corrected chi connectivity index (χ0v) is 14.3. The van der Waals surface area contributed by atoms with Crippen LogP contribution < -0.4 is 4.90 Å². The van der Waals surface area contributed by atoms with Gasteiger partial charge >= 0.3 is 0 Å². The fourth-order valence-electron chi connectivity index (χ4n) is 2.47. The van der Waals surface area contributed by atoms with Crippen molar-refractivity contribution in [1.29, 1.82) is 0 Å². The second-order valence-corrected chi connectivity index (χ2v) is 6.59. The number of aromatic nitrogens is 4. The SMILES string of the molecule is CN(C(=O)Cn1cc(-c2ccccc2)nn1)c1nc2ccccc2s1. The number of carbonyl (C=O) groups excluding carboxylic acids is 1. The Balaban J connectivity index is 1.51. The number of nitrogens with zero attached hydrogens (tertiary/aromatic N) is 5. The molecule has 25 heavy (non-hydrogen) atoms. The number of anilines is 1. The van der Waals surface area contributed by atoms with Gasteiger partial charge in [-0.2, -0.15) is 0 Å². The van der Waals surface area contributed by atoms with Gasteiger partial charge in [-0.1, -0.05) is 59.0 Å². The molecule has 0 N–H and O–H groups in total. The van der Waals surface area contributed by atoms with Crippen LogP contribution in [-0.2, 0) is 11.3 Å². The molecule has 0 atom stereocenters. The Morgan fingerprint density at radius 1 is 1.12 bits per heavy atom. The Morgan fingerprint density at radius 3 is 2.68 bits per heavy atom. The van der Waals surface area contributed by atoms with E-state index < -0.39 is 0 Å². The summed E-state index contributed by atoms with van der Waals surface area (Å²) in [4.78, 5) is 18.6. The molecule has 0 spiro atoms. The number of thiazole rings is 1. The van der Waals surface area contributed by atoms with Crippen LogP contribution in [0.15, 0.2) is 60.8 Å². The molecule has 0 radical (unpaired) electrons. The van der Waals surface area contributed by atoms with Gasteiger partial charge in [0.05, 0.1) is 16.4 Å². The normalized spacial score (nSPS) is 10.9. The fourth-order valence-corrected chi connectivity index (χ4v) is 3.42. The van der Waals surface area contributed by atoms with Crippen LogP contribution in [0.1, 0.15) is 0 Å². The molecule has 0 aliphatic rings. The third-order valence-electron chi connectivity index (χ3n) is 3.85. The van der Waals surface area contributed by atoms with Gasteiger partial charge < -0.3 is 0 Å². The largest absolute Gasteiger partial charge is 0.290 e. The van der Waals surface area contributed by atoms with Gasteiger partial charge in [-0.05, 0) is 12.1 Å². The summed E-state index contributed by atoms with van der Waals surface area (Å²) in [5.41, 5.74) is 2.62. The standard InChI is InChI=1S/C18H15N5OS/c1-22(18-19-14-9-5-6-10-16(14)25-18)17(24)12-23-11-15(20-21-23)13-7-3-2-4-8-13/h2-11H,12H2,1H3. The van der Waals surface area contributed by atoms with E-state index in [1.54, 1.807) is 22.8 Å². The molecule has 4 aromatic rings. The van der Waals surface area contributed by atoms with E-state index >= 15 is 0 Å². The average molecular weight is 349 g/mol. The van der Waals surface area contributed by atoms with Crippen LogP contribution in [-0.4, -0.2) is 32.9 Å². The summed E-state index contributed by atoms with van der Waals surface area (Å²) < 4.78 is 2.61. The van der Waals surface area contributed by atoms with Crippen molar-refractivity contribution in [1.82, 2.24) is 20.0 Å². The van der Waals surface area contributed by atoms with Gasteiger partial charge in [-0.3, -0.25) is 9.69 Å². The third-order valence-corrected chi connectivity index (χ3v) is 4.96. The first-order valence-electron chi connectivity index (χ1n) is 7.78. The van der Waals surface area contributed by atoms with Crippen LogP contribution in [0.4, 0.5) is 5.13 Å². The highest BCUT2D eigenvalue weighted by atomic mass is 32.1. The maximum Gasteiger partial charge on any atom is 0.250 e. The molecule has 0 saturated carbocycles. The Hall–Kier alpha value is -3.06. The van der Waals surface area contributed by atoms with Gasteiger partial charge in [0.25, 0.3) is 0 Å². The van der Waals surface area contributed by atoms with Gasteiger partial charge in [0, 0.05) is 12.6 Å². The van der Waals surface area contributed by atoms with Crippen LogP contribution in [0.5, 0.6) is 0 Å².